The minimum Gasteiger partial charge on any atom is -0.313 e. The highest BCUT2D eigenvalue weighted by atomic mass is 32.2. The van der Waals surface area contributed by atoms with Gasteiger partial charge >= 0.3 is 0 Å². The van der Waals surface area contributed by atoms with Crippen molar-refractivity contribution in [3.63, 3.8) is 0 Å². The number of sulfonamides is 1. The molecule has 1 aliphatic rings. The van der Waals surface area contributed by atoms with Gasteiger partial charge in [0.15, 0.2) is 0 Å². The first-order valence-electron chi connectivity index (χ1n) is 7.06. The standard InChI is InChI=1S/C14H20N4O2S/c1-11(2)18(10-13-4-3-7-16-13)21(19,20)14-6-5-12(8-15)17-9-14/h5-6,9,11,13,16H,3-4,7,10H2,1-2H3. The Kier molecular flexibility index (Phi) is 4.93. The van der Waals surface area contributed by atoms with Crippen molar-refractivity contribution in [2.24, 2.45) is 0 Å². The maximum Gasteiger partial charge on any atom is 0.244 e. The summed E-state index contributed by atoms with van der Waals surface area (Å²) in [7, 11) is -3.59. The fourth-order valence-corrected chi connectivity index (χ4v) is 4.08. The number of hydrogen-bond donors (Lipinski definition) is 1. The molecule has 0 aromatic carbocycles. The second kappa shape index (κ2) is 6.52. The molecule has 2 heterocycles. The van der Waals surface area contributed by atoms with E-state index in [0.717, 1.165) is 19.4 Å². The molecular weight excluding hydrogens is 288 g/mol. The summed E-state index contributed by atoms with van der Waals surface area (Å²) in [4.78, 5) is 3.99. The quantitative estimate of drug-likeness (QED) is 0.880. The molecular formula is C14H20N4O2S. The second-order valence-electron chi connectivity index (χ2n) is 5.45. The average molecular weight is 308 g/mol. The summed E-state index contributed by atoms with van der Waals surface area (Å²) in [5.74, 6) is 0. The van der Waals surface area contributed by atoms with E-state index in [9.17, 15) is 8.42 Å². The van der Waals surface area contributed by atoms with Gasteiger partial charge in [-0.3, -0.25) is 0 Å². The van der Waals surface area contributed by atoms with Crippen LogP contribution < -0.4 is 5.32 Å². The molecule has 1 atom stereocenters. The van der Waals surface area contributed by atoms with E-state index in [2.05, 4.69) is 10.3 Å². The van der Waals surface area contributed by atoms with Gasteiger partial charge in [0, 0.05) is 24.8 Å². The highest BCUT2D eigenvalue weighted by molar-refractivity contribution is 7.89. The van der Waals surface area contributed by atoms with Crippen molar-refractivity contribution in [2.75, 3.05) is 13.1 Å². The maximum absolute atomic E-state index is 12.7. The van der Waals surface area contributed by atoms with Crippen LogP contribution in [-0.4, -0.2) is 42.9 Å². The monoisotopic (exact) mass is 308 g/mol. The van der Waals surface area contributed by atoms with E-state index in [1.807, 2.05) is 19.9 Å². The molecule has 7 heteroatoms. The predicted molar refractivity (Wildman–Crippen MR) is 79.0 cm³/mol. The van der Waals surface area contributed by atoms with E-state index in [4.69, 9.17) is 5.26 Å². The van der Waals surface area contributed by atoms with Crippen molar-refractivity contribution in [2.45, 2.75) is 43.7 Å². The van der Waals surface area contributed by atoms with Crippen LogP contribution >= 0.6 is 0 Å². The first-order valence-corrected chi connectivity index (χ1v) is 8.50. The molecule has 1 aromatic rings. The molecule has 0 saturated carbocycles. The Bertz CT molecular complexity index is 613. The predicted octanol–water partition coefficient (Wildman–Crippen LogP) is 1.10. The lowest BCUT2D eigenvalue weighted by Crippen LogP contribution is -2.44. The van der Waals surface area contributed by atoms with Gasteiger partial charge in [-0.2, -0.15) is 9.57 Å². The van der Waals surface area contributed by atoms with E-state index in [0.29, 0.717) is 6.54 Å². The van der Waals surface area contributed by atoms with E-state index >= 15 is 0 Å². The van der Waals surface area contributed by atoms with E-state index in [-0.39, 0.29) is 22.7 Å². The molecule has 1 aromatic heterocycles. The Morgan fingerprint density at radius 3 is 2.76 bits per heavy atom. The molecule has 0 aliphatic carbocycles. The molecule has 0 amide bonds. The number of hydrogen-bond acceptors (Lipinski definition) is 5. The molecule has 21 heavy (non-hydrogen) atoms. The van der Waals surface area contributed by atoms with Crippen LogP contribution in [0.1, 0.15) is 32.4 Å². The van der Waals surface area contributed by atoms with Crippen molar-refractivity contribution < 1.29 is 8.42 Å². The Morgan fingerprint density at radius 2 is 2.29 bits per heavy atom. The molecule has 1 fully saturated rings. The molecule has 1 aliphatic heterocycles. The number of nitriles is 1. The SMILES string of the molecule is CC(C)N(CC1CCCN1)S(=O)(=O)c1ccc(C#N)nc1. The zero-order chi connectivity index (χ0) is 15.5. The van der Waals surface area contributed by atoms with Gasteiger partial charge in [0.1, 0.15) is 16.7 Å². The molecule has 0 spiro atoms. The van der Waals surface area contributed by atoms with Crippen LogP contribution in [0.5, 0.6) is 0 Å². The molecule has 6 nitrogen and oxygen atoms in total. The fraction of sp³-hybridized carbons (Fsp3) is 0.571. The number of aromatic nitrogens is 1. The van der Waals surface area contributed by atoms with E-state index < -0.39 is 10.0 Å². The Morgan fingerprint density at radius 1 is 1.52 bits per heavy atom. The van der Waals surface area contributed by atoms with Crippen molar-refractivity contribution in [3.05, 3.63) is 24.0 Å². The van der Waals surface area contributed by atoms with Gasteiger partial charge in [-0.15, -0.1) is 0 Å². The van der Waals surface area contributed by atoms with Crippen molar-refractivity contribution in [1.29, 1.82) is 5.26 Å². The highest BCUT2D eigenvalue weighted by Gasteiger charge is 2.30. The molecule has 1 saturated heterocycles. The third-order valence-corrected chi connectivity index (χ3v) is 5.62. The zero-order valence-corrected chi connectivity index (χ0v) is 13.1. The van der Waals surface area contributed by atoms with Gasteiger partial charge in [0.05, 0.1) is 0 Å². The molecule has 2 rings (SSSR count). The first-order chi connectivity index (χ1) is 9.95. The molecule has 114 valence electrons. The summed E-state index contributed by atoms with van der Waals surface area (Å²) >= 11 is 0. The number of pyridine rings is 1. The van der Waals surface area contributed by atoms with Crippen LogP contribution in [0.15, 0.2) is 23.2 Å². The fourth-order valence-electron chi connectivity index (χ4n) is 2.45. The maximum atomic E-state index is 12.7. The van der Waals surface area contributed by atoms with Crippen LogP contribution in [-0.2, 0) is 10.0 Å². The summed E-state index contributed by atoms with van der Waals surface area (Å²) in [5, 5.41) is 12.1. The summed E-state index contributed by atoms with van der Waals surface area (Å²) < 4.78 is 27.0. The lowest BCUT2D eigenvalue weighted by molar-refractivity contribution is 0.322. The van der Waals surface area contributed by atoms with Gasteiger partial charge in [-0.05, 0) is 45.4 Å². The lowest BCUT2D eigenvalue weighted by Gasteiger charge is -2.28. The van der Waals surface area contributed by atoms with Crippen LogP contribution in [0.4, 0.5) is 0 Å². The Balaban J connectivity index is 2.25. The number of nitrogens with zero attached hydrogens (tertiary/aromatic N) is 3. The van der Waals surface area contributed by atoms with Crippen molar-refractivity contribution in [1.82, 2.24) is 14.6 Å². The molecule has 0 radical (unpaired) electrons. The minimum atomic E-state index is -3.59. The van der Waals surface area contributed by atoms with Crippen LogP contribution in [0.25, 0.3) is 0 Å². The van der Waals surface area contributed by atoms with Crippen LogP contribution in [0.2, 0.25) is 0 Å². The summed E-state index contributed by atoms with van der Waals surface area (Å²) in [6, 6.07) is 4.83. The van der Waals surface area contributed by atoms with Crippen molar-refractivity contribution in [3.8, 4) is 6.07 Å². The summed E-state index contributed by atoms with van der Waals surface area (Å²) in [6.07, 6.45) is 3.32. The van der Waals surface area contributed by atoms with Crippen molar-refractivity contribution >= 4 is 10.0 Å². The lowest BCUT2D eigenvalue weighted by atomic mass is 10.2. The average Bonchev–Trinajstić information content (AvgIpc) is 2.97. The Hall–Kier alpha value is -1.49. The van der Waals surface area contributed by atoms with E-state index in [1.165, 1.54) is 22.6 Å². The largest absolute Gasteiger partial charge is 0.313 e. The van der Waals surface area contributed by atoms with Gasteiger partial charge in [-0.1, -0.05) is 0 Å². The van der Waals surface area contributed by atoms with Gasteiger partial charge in [0.2, 0.25) is 10.0 Å². The Labute approximate surface area is 125 Å². The smallest absolute Gasteiger partial charge is 0.244 e. The van der Waals surface area contributed by atoms with Crippen LogP contribution in [0.3, 0.4) is 0 Å². The number of nitrogens with one attached hydrogen (secondary N) is 1. The second-order valence-corrected chi connectivity index (χ2v) is 7.34. The van der Waals surface area contributed by atoms with Gasteiger partial charge in [-0.25, -0.2) is 13.4 Å². The van der Waals surface area contributed by atoms with Gasteiger partial charge in [0.25, 0.3) is 0 Å². The molecule has 1 N–H and O–H groups in total. The van der Waals surface area contributed by atoms with Gasteiger partial charge < -0.3 is 5.32 Å². The topological polar surface area (TPSA) is 86.1 Å². The molecule has 1 unspecified atom stereocenters. The third kappa shape index (κ3) is 3.59. The highest BCUT2D eigenvalue weighted by Crippen LogP contribution is 2.20. The number of rotatable bonds is 5. The zero-order valence-electron chi connectivity index (χ0n) is 12.3. The summed E-state index contributed by atoms with van der Waals surface area (Å²) in [6.45, 7) is 5.13. The minimum absolute atomic E-state index is 0.131. The molecule has 0 bridgehead atoms. The third-order valence-electron chi connectivity index (χ3n) is 3.60. The first kappa shape index (κ1) is 15.9. The van der Waals surface area contributed by atoms with E-state index in [1.54, 1.807) is 0 Å². The van der Waals surface area contributed by atoms with Crippen LogP contribution in [0, 0.1) is 11.3 Å². The normalized spacial score (nSPS) is 19.1. The summed E-state index contributed by atoms with van der Waals surface area (Å²) in [5.41, 5.74) is 0.211.